The van der Waals surface area contributed by atoms with Gasteiger partial charge in [0.05, 0.1) is 7.11 Å². The summed E-state index contributed by atoms with van der Waals surface area (Å²) in [4.78, 5) is 0. The van der Waals surface area contributed by atoms with Crippen molar-refractivity contribution in [3.8, 4) is 5.75 Å². The Labute approximate surface area is 102 Å². The Morgan fingerprint density at radius 1 is 1.31 bits per heavy atom. The van der Waals surface area contributed by atoms with Gasteiger partial charge in [-0.25, -0.2) is 0 Å². The van der Waals surface area contributed by atoms with Gasteiger partial charge in [0.2, 0.25) is 0 Å². The first-order chi connectivity index (χ1) is 7.77. The van der Waals surface area contributed by atoms with Crippen LogP contribution in [0.5, 0.6) is 5.75 Å². The Hall–Kier alpha value is -0.990. The van der Waals surface area contributed by atoms with Crippen LogP contribution in [0.15, 0.2) is 36.4 Å². The molecule has 0 saturated heterocycles. The highest BCUT2D eigenvalue weighted by Gasteiger charge is 2.02. The lowest BCUT2D eigenvalue weighted by atomic mass is 10.1. The minimum atomic E-state index is 0.325. The van der Waals surface area contributed by atoms with E-state index >= 15 is 0 Å². The van der Waals surface area contributed by atoms with E-state index in [0.717, 1.165) is 12.3 Å². The van der Waals surface area contributed by atoms with Crippen molar-refractivity contribution in [2.75, 3.05) is 19.5 Å². The zero-order valence-corrected chi connectivity index (χ0v) is 10.5. The Morgan fingerprint density at radius 3 is 2.56 bits per heavy atom. The van der Waals surface area contributed by atoms with E-state index in [9.17, 15) is 0 Å². The van der Waals surface area contributed by atoms with Crippen LogP contribution in [0.2, 0.25) is 0 Å². The number of hydrogen-bond donors (Lipinski definition) is 1. The second-order valence-electron chi connectivity index (χ2n) is 3.53. The average Bonchev–Trinajstić information content (AvgIpc) is 2.34. The number of ether oxygens (including phenoxy) is 1. The van der Waals surface area contributed by atoms with Gasteiger partial charge in [-0.1, -0.05) is 24.3 Å². The molecule has 0 bridgehead atoms. The van der Waals surface area contributed by atoms with Crippen molar-refractivity contribution in [2.24, 2.45) is 0 Å². The molecule has 0 aliphatic rings. The lowest BCUT2D eigenvalue weighted by molar-refractivity contribution is 0.414. The number of halogens is 1. The first-order valence-electron chi connectivity index (χ1n) is 5.36. The predicted molar refractivity (Wildman–Crippen MR) is 69.3 cm³/mol. The molecule has 1 N–H and O–H groups in total. The van der Waals surface area contributed by atoms with Gasteiger partial charge in [0.1, 0.15) is 5.75 Å². The van der Waals surface area contributed by atoms with Gasteiger partial charge in [-0.3, -0.25) is 0 Å². The lowest BCUT2D eigenvalue weighted by Gasteiger charge is -2.13. The molecule has 16 heavy (non-hydrogen) atoms. The molecule has 0 aliphatic carbocycles. The zero-order valence-electron chi connectivity index (χ0n) is 9.74. The standard InChI is InChI=1S/C13H18ClNO/c1-11(15-10-4-3-9-14)12-5-7-13(16-2)8-6-12/h3-8,11,15H,9-10H2,1-2H3/b4-3+/t11-/m1/s1. The Balaban J connectivity index is 2.45. The fourth-order valence-corrected chi connectivity index (χ4v) is 1.53. The molecular formula is C13H18ClNO. The molecule has 1 aromatic rings. The number of rotatable bonds is 6. The number of benzene rings is 1. The monoisotopic (exact) mass is 239 g/mol. The van der Waals surface area contributed by atoms with Crippen molar-refractivity contribution in [1.82, 2.24) is 5.32 Å². The summed E-state index contributed by atoms with van der Waals surface area (Å²) in [5, 5.41) is 3.38. The fourth-order valence-electron chi connectivity index (χ4n) is 1.40. The summed E-state index contributed by atoms with van der Waals surface area (Å²) >= 11 is 5.54. The van der Waals surface area contributed by atoms with Gasteiger partial charge in [-0.15, -0.1) is 11.6 Å². The molecule has 0 saturated carbocycles. The molecule has 0 aliphatic heterocycles. The molecule has 1 atom stereocenters. The third-order valence-electron chi connectivity index (χ3n) is 2.41. The van der Waals surface area contributed by atoms with E-state index in [-0.39, 0.29) is 0 Å². The third-order valence-corrected chi connectivity index (χ3v) is 2.59. The van der Waals surface area contributed by atoms with Gasteiger partial charge < -0.3 is 10.1 Å². The second kappa shape index (κ2) is 7.31. The van der Waals surface area contributed by atoms with E-state index in [2.05, 4.69) is 24.4 Å². The minimum Gasteiger partial charge on any atom is -0.497 e. The molecule has 0 fully saturated rings. The van der Waals surface area contributed by atoms with E-state index in [1.165, 1.54) is 5.56 Å². The van der Waals surface area contributed by atoms with Crippen molar-refractivity contribution in [3.05, 3.63) is 42.0 Å². The maximum atomic E-state index is 5.54. The molecule has 0 spiro atoms. The molecule has 0 aromatic heterocycles. The topological polar surface area (TPSA) is 21.3 Å². The number of hydrogen-bond acceptors (Lipinski definition) is 2. The maximum absolute atomic E-state index is 5.54. The van der Waals surface area contributed by atoms with E-state index in [4.69, 9.17) is 16.3 Å². The Bertz CT molecular complexity index is 321. The van der Waals surface area contributed by atoms with Crippen molar-refractivity contribution >= 4 is 11.6 Å². The largest absolute Gasteiger partial charge is 0.497 e. The Kier molecular flexibility index (Phi) is 5.98. The summed E-state index contributed by atoms with van der Waals surface area (Å²) in [6.45, 7) is 2.97. The SMILES string of the molecule is COc1ccc([C@@H](C)NC/C=C/CCl)cc1. The van der Waals surface area contributed by atoms with E-state index in [1.807, 2.05) is 24.3 Å². The minimum absolute atomic E-state index is 0.325. The maximum Gasteiger partial charge on any atom is 0.118 e. The van der Waals surface area contributed by atoms with E-state index in [1.54, 1.807) is 7.11 Å². The van der Waals surface area contributed by atoms with Crippen LogP contribution >= 0.6 is 11.6 Å². The highest BCUT2D eigenvalue weighted by atomic mass is 35.5. The van der Waals surface area contributed by atoms with Crippen molar-refractivity contribution in [3.63, 3.8) is 0 Å². The third kappa shape index (κ3) is 4.25. The summed E-state index contributed by atoms with van der Waals surface area (Å²) in [6.07, 6.45) is 3.97. The molecule has 88 valence electrons. The van der Waals surface area contributed by atoms with Crippen LogP contribution in [0.25, 0.3) is 0 Å². The fraction of sp³-hybridized carbons (Fsp3) is 0.385. The molecule has 2 nitrogen and oxygen atoms in total. The summed E-state index contributed by atoms with van der Waals surface area (Å²) in [7, 11) is 1.67. The van der Waals surface area contributed by atoms with Crippen LogP contribution in [-0.2, 0) is 0 Å². The lowest BCUT2D eigenvalue weighted by Crippen LogP contribution is -2.18. The average molecular weight is 240 g/mol. The smallest absolute Gasteiger partial charge is 0.118 e. The van der Waals surface area contributed by atoms with Crippen molar-refractivity contribution in [2.45, 2.75) is 13.0 Å². The zero-order chi connectivity index (χ0) is 11.8. The first-order valence-corrected chi connectivity index (χ1v) is 5.89. The van der Waals surface area contributed by atoms with Crippen molar-refractivity contribution in [1.29, 1.82) is 0 Å². The summed E-state index contributed by atoms with van der Waals surface area (Å²) < 4.78 is 5.12. The summed E-state index contributed by atoms with van der Waals surface area (Å²) in [5.74, 6) is 1.46. The highest BCUT2D eigenvalue weighted by Crippen LogP contribution is 2.16. The summed E-state index contributed by atoms with van der Waals surface area (Å²) in [5.41, 5.74) is 1.25. The van der Waals surface area contributed by atoms with Gasteiger partial charge in [-0.2, -0.15) is 0 Å². The highest BCUT2D eigenvalue weighted by molar-refractivity contribution is 6.18. The molecule has 0 heterocycles. The molecule has 1 rings (SSSR count). The normalized spacial score (nSPS) is 12.9. The number of alkyl halides is 1. The van der Waals surface area contributed by atoms with Gasteiger partial charge in [0.15, 0.2) is 0 Å². The molecule has 0 amide bonds. The molecule has 0 unspecified atom stereocenters. The van der Waals surface area contributed by atoms with E-state index < -0.39 is 0 Å². The Morgan fingerprint density at radius 2 is 2.00 bits per heavy atom. The van der Waals surface area contributed by atoms with Crippen LogP contribution in [0.4, 0.5) is 0 Å². The van der Waals surface area contributed by atoms with Crippen LogP contribution in [0.3, 0.4) is 0 Å². The molecular weight excluding hydrogens is 222 g/mol. The summed E-state index contributed by atoms with van der Waals surface area (Å²) in [6, 6.07) is 8.42. The van der Waals surface area contributed by atoms with Crippen LogP contribution in [0, 0.1) is 0 Å². The quantitative estimate of drug-likeness (QED) is 0.608. The van der Waals surface area contributed by atoms with Gasteiger partial charge in [-0.05, 0) is 24.6 Å². The molecule has 0 radical (unpaired) electrons. The second-order valence-corrected chi connectivity index (χ2v) is 3.84. The van der Waals surface area contributed by atoms with Gasteiger partial charge >= 0.3 is 0 Å². The van der Waals surface area contributed by atoms with Crippen LogP contribution < -0.4 is 10.1 Å². The van der Waals surface area contributed by atoms with Gasteiger partial charge in [0, 0.05) is 18.5 Å². The first kappa shape index (κ1) is 13.1. The number of nitrogens with one attached hydrogen (secondary N) is 1. The molecule has 3 heteroatoms. The van der Waals surface area contributed by atoms with Crippen LogP contribution in [0.1, 0.15) is 18.5 Å². The number of allylic oxidation sites excluding steroid dienone is 1. The van der Waals surface area contributed by atoms with E-state index in [0.29, 0.717) is 11.9 Å². The van der Waals surface area contributed by atoms with Gasteiger partial charge in [0.25, 0.3) is 0 Å². The molecule has 1 aromatic carbocycles. The van der Waals surface area contributed by atoms with Crippen molar-refractivity contribution < 1.29 is 4.74 Å². The van der Waals surface area contributed by atoms with Crippen LogP contribution in [-0.4, -0.2) is 19.5 Å². The predicted octanol–water partition coefficient (Wildman–Crippen LogP) is 3.14. The number of methoxy groups -OCH3 is 1.